The lowest BCUT2D eigenvalue weighted by atomic mass is 9.90. The summed E-state index contributed by atoms with van der Waals surface area (Å²) in [5.41, 5.74) is 4.74. The minimum atomic E-state index is -0.298. The highest BCUT2D eigenvalue weighted by Gasteiger charge is 2.29. The molecule has 6 nitrogen and oxygen atoms in total. The van der Waals surface area contributed by atoms with Crippen LogP contribution in [0.5, 0.6) is 0 Å². The molecule has 0 bridgehead atoms. The Hall–Kier alpha value is -2.93. The first kappa shape index (κ1) is 24.2. The molecule has 182 valence electrons. The van der Waals surface area contributed by atoms with Gasteiger partial charge in [0.05, 0.1) is 5.56 Å². The zero-order valence-corrected chi connectivity index (χ0v) is 20.6. The van der Waals surface area contributed by atoms with E-state index in [9.17, 15) is 14.0 Å². The summed E-state index contributed by atoms with van der Waals surface area (Å²) in [6, 6.07) is 10.2. The van der Waals surface area contributed by atoms with E-state index in [4.69, 9.17) is 0 Å². The maximum Gasteiger partial charge on any atom is 0.254 e. The van der Waals surface area contributed by atoms with Crippen molar-refractivity contribution >= 4 is 16.8 Å². The van der Waals surface area contributed by atoms with Gasteiger partial charge in [-0.2, -0.15) is 0 Å². The van der Waals surface area contributed by atoms with Crippen molar-refractivity contribution in [2.45, 2.75) is 53.1 Å². The lowest BCUT2D eigenvalue weighted by Crippen LogP contribution is -2.37. The van der Waals surface area contributed by atoms with Gasteiger partial charge in [-0.1, -0.05) is 18.2 Å². The lowest BCUT2D eigenvalue weighted by molar-refractivity contribution is 0.0951. The number of pyridine rings is 1. The zero-order valence-electron chi connectivity index (χ0n) is 20.6. The number of aryl methyl sites for hydroxylation is 2. The number of aromatic nitrogens is 2. The molecule has 0 aliphatic carbocycles. The molecule has 1 amide bonds. The highest BCUT2D eigenvalue weighted by molar-refractivity contribution is 6.08. The van der Waals surface area contributed by atoms with Gasteiger partial charge in [0, 0.05) is 47.0 Å². The summed E-state index contributed by atoms with van der Waals surface area (Å²) in [6.07, 6.45) is 2.04. The number of amides is 1. The van der Waals surface area contributed by atoms with Crippen molar-refractivity contribution in [3.8, 4) is 0 Å². The number of benzene rings is 1. The Bertz CT molecular complexity index is 1240. The van der Waals surface area contributed by atoms with Gasteiger partial charge in [-0.3, -0.25) is 9.59 Å². The first-order valence-electron chi connectivity index (χ1n) is 12.2. The van der Waals surface area contributed by atoms with Crippen LogP contribution in [-0.2, 0) is 6.54 Å². The molecule has 1 unspecified atom stereocenters. The summed E-state index contributed by atoms with van der Waals surface area (Å²) in [5.74, 6) is 0.298. The molecule has 1 fully saturated rings. The summed E-state index contributed by atoms with van der Waals surface area (Å²) in [5, 5.41) is 3.91. The Morgan fingerprint density at radius 2 is 1.91 bits per heavy atom. The Morgan fingerprint density at radius 3 is 2.59 bits per heavy atom. The molecular weight excluding hydrogens is 431 g/mol. The normalized spacial score (nSPS) is 16.1. The molecule has 2 N–H and O–H groups in total. The maximum absolute atomic E-state index is 13.4. The monoisotopic (exact) mass is 466 g/mol. The third-order valence-corrected chi connectivity index (χ3v) is 7.43. The molecule has 4 rings (SSSR count). The number of rotatable bonds is 7. The SMILES string of the molecule is Cc1cc(C)c(CNC(=O)c2c(C)n(C(C)C3CCN(CCF)CC3)c3ccccc23)c(=O)[nH]1. The van der Waals surface area contributed by atoms with Crippen LogP contribution in [0.25, 0.3) is 10.9 Å². The van der Waals surface area contributed by atoms with Crippen LogP contribution in [0.15, 0.2) is 35.1 Å². The number of nitrogens with one attached hydrogen (secondary N) is 2. The maximum atomic E-state index is 13.4. The minimum absolute atomic E-state index is 0.162. The number of likely N-dealkylation sites (tertiary alicyclic amines) is 1. The van der Waals surface area contributed by atoms with Crippen molar-refractivity contribution in [3.05, 3.63) is 68.8 Å². The van der Waals surface area contributed by atoms with Crippen LogP contribution in [0.3, 0.4) is 0 Å². The molecule has 1 saturated heterocycles. The fourth-order valence-corrected chi connectivity index (χ4v) is 5.55. The van der Waals surface area contributed by atoms with Crippen LogP contribution >= 0.6 is 0 Å². The first-order valence-corrected chi connectivity index (χ1v) is 12.2. The van der Waals surface area contributed by atoms with E-state index >= 15 is 0 Å². The summed E-state index contributed by atoms with van der Waals surface area (Å²) in [7, 11) is 0. The first-order chi connectivity index (χ1) is 16.3. The lowest BCUT2D eigenvalue weighted by Gasteiger charge is -2.35. The van der Waals surface area contributed by atoms with Crippen LogP contribution in [0, 0.1) is 26.7 Å². The standard InChI is InChI=1S/C27H35FN4O2/c1-17-15-18(2)30-26(33)23(17)16-29-27(34)25-20(4)32(24-8-6-5-7-22(24)25)19(3)21-9-12-31(13-10-21)14-11-28/h5-8,15,19,21H,9-14,16H2,1-4H3,(H,29,34)(H,30,33). The number of hydrogen-bond donors (Lipinski definition) is 2. The van der Waals surface area contributed by atoms with Crippen molar-refractivity contribution in [2.24, 2.45) is 5.92 Å². The molecule has 1 atom stereocenters. The number of carbonyl (C=O) groups is 1. The number of alkyl halides is 1. The largest absolute Gasteiger partial charge is 0.348 e. The molecule has 3 aromatic rings. The molecule has 0 spiro atoms. The van der Waals surface area contributed by atoms with Gasteiger partial charge in [-0.15, -0.1) is 0 Å². The Morgan fingerprint density at radius 1 is 1.21 bits per heavy atom. The van der Waals surface area contributed by atoms with Crippen molar-refractivity contribution in [2.75, 3.05) is 26.3 Å². The van der Waals surface area contributed by atoms with E-state index in [-0.39, 0.29) is 30.7 Å². The topological polar surface area (TPSA) is 70.1 Å². The number of aromatic amines is 1. The molecule has 0 radical (unpaired) electrons. The molecule has 0 saturated carbocycles. The van der Waals surface area contributed by atoms with E-state index in [1.807, 2.05) is 45.0 Å². The predicted octanol–water partition coefficient (Wildman–Crippen LogP) is 4.43. The van der Waals surface area contributed by atoms with Crippen molar-refractivity contribution in [1.82, 2.24) is 19.8 Å². The smallest absolute Gasteiger partial charge is 0.254 e. The van der Waals surface area contributed by atoms with Gasteiger partial charge >= 0.3 is 0 Å². The Kier molecular flexibility index (Phi) is 7.22. The fraction of sp³-hybridized carbons (Fsp3) is 0.481. The Balaban J connectivity index is 1.60. The predicted molar refractivity (Wildman–Crippen MR) is 134 cm³/mol. The van der Waals surface area contributed by atoms with E-state index < -0.39 is 0 Å². The van der Waals surface area contributed by atoms with Crippen molar-refractivity contribution < 1.29 is 9.18 Å². The van der Waals surface area contributed by atoms with Gasteiger partial charge in [-0.25, -0.2) is 4.39 Å². The minimum Gasteiger partial charge on any atom is -0.348 e. The van der Waals surface area contributed by atoms with Crippen LogP contribution in [-0.4, -0.2) is 46.7 Å². The fourth-order valence-electron chi connectivity index (χ4n) is 5.55. The summed E-state index contributed by atoms with van der Waals surface area (Å²) < 4.78 is 15.0. The second-order valence-electron chi connectivity index (χ2n) is 9.58. The van der Waals surface area contributed by atoms with Crippen molar-refractivity contribution in [1.29, 1.82) is 0 Å². The molecule has 1 aromatic carbocycles. The molecule has 3 heterocycles. The molecule has 1 aliphatic rings. The molecule has 7 heteroatoms. The summed E-state index contributed by atoms with van der Waals surface area (Å²) in [4.78, 5) is 30.8. The molecule has 34 heavy (non-hydrogen) atoms. The van der Waals surface area contributed by atoms with Crippen LogP contribution < -0.4 is 10.9 Å². The highest BCUT2D eigenvalue weighted by Crippen LogP contribution is 2.35. The quantitative estimate of drug-likeness (QED) is 0.541. The number of nitrogens with zero attached hydrogens (tertiary/aromatic N) is 2. The second kappa shape index (κ2) is 10.1. The van der Waals surface area contributed by atoms with Gasteiger partial charge in [0.2, 0.25) is 0 Å². The number of piperidine rings is 1. The number of hydrogen-bond acceptors (Lipinski definition) is 3. The number of halogens is 1. The molecule has 1 aliphatic heterocycles. The van der Waals surface area contributed by atoms with Gasteiger partial charge in [0.1, 0.15) is 6.67 Å². The number of fused-ring (bicyclic) bond motifs is 1. The van der Waals surface area contributed by atoms with Crippen LogP contribution in [0.1, 0.15) is 58.7 Å². The van der Waals surface area contributed by atoms with Gasteiger partial charge in [0.25, 0.3) is 11.5 Å². The van der Waals surface area contributed by atoms with Gasteiger partial charge < -0.3 is 19.8 Å². The average Bonchev–Trinajstić information content (AvgIpc) is 3.10. The Labute approximate surface area is 200 Å². The van der Waals surface area contributed by atoms with E-state index in [2.05, 4.69) is 32.8 Å². The van der Waals surface area contributed by atoms with E-state index in [1.165, 1.54) is 0 Å². The summed E-state index contributed by atoms with van der Waals surface area (Å²) in [6.45, 7) is 10.2. The molecular formula is C27H35FN4O2. The third-order valence-electron chi connectivity index (χ3n) is 7.43. The number of carbonyl (C=O) groups excluding carboxylic acids is 1. The third kappa shape index (κ3) is 4.67. The summed E-state index contributed by atoms with van der Waals surface area (Å²) >= 11 is 0. The van der Waals surface area contributed by atoms with Crippen LogP contribution in [0.2, 0.25) is 0 Å². The van der Waals surface area contributed by atoms with Gasteiger partial charge in [-0.05, 0) is 77.2 Å². The zero-order chi connectivity index (χ0) is 24.4. The highest BCUT2D eigenvalue weighted by atomic mass is 19.1. The van der Waals surface area contributed by atoms with Gasteiger partial charge in [0.15, 0.2) is 0 Å². The molecule has 2 aromatic heterocycles. The van der Waals surface area contributed by atoms with E-state index in [1.54, 1.807) is 0 Å². The van der Waals surface area contributed by atoms with E-state index in [0.717, 1.165) is 53.8 Å². The average molecular weight is 467 g/mol. The van der Waals surface area contributed by atoms with Crippen molar-refractivity contribution in [3.63, 3.8) is 0 Å². The number of para-hydroxylation sites is 1. The second-order valence-corrected chi connectivity index (χ2v) is 9.58. The number of H-pyrrole nitrogens is 1. The van der Waals surface area contributed by atoms with E-state index in [0.29, 0.717) is 23.6 Å². The van der Waals surface area contributed by atoms with Crippen LogP contribution in [0.4, 0.5) is 4.39 Å².